The number of nitrogens with zero attached hydrogens (tertiary/aromatic N) is 6. The fourth-order valence-electron chi connectivity index (χ4n) is 4.38. The van der Waals surface area contributed by atoms with Crippen LogP contribution in [0.25, 0.3) is 0 Å². The van der Waals surface area contributed by atoms with Crippen molar-refractivity contribution in [2.45, 2.75) is 66.5 Å². The average Bonchev–Trinajstić information content (AvgIpc) is 3.46. The molecular weight excluding hydrogens is 613 g/mol. The maximum absolute atomic E-state index is 11.2. The van der Waals surface area contributed by atoms with E-state index in [4.69, 9.17) is 37.9 Å². The molecule has 1 N–H and O–H groups in total. The molecule has 45 heavy (non-hydrogen) atoms. The second-order valence-electron chi connectivity index (χ2n) is 10.9. The van der Waals surface area contributed by atoms with Crippen molar-refractivity contribution in [1.29, 1.82) is 5.26 Å². The van der Waals surface area contributed by atoms with Gasteiger partial charge in [0.15, 0.2) is 0 Å². The lowest BCUT2D eigenvalue weighted by Gasteiger charge is -2.12. The normalized spacial score (nSPS) is 10.9. The molecule has 0 radical (unpaired) electrons. The van der Waals surface area contributed by atoms with Crippen LogP contribution in [-0.2, 0) is 12.8 Å². The van der Waals surface area contributed by atoms with Gasteiger partial charge in [0.1, 0.15) is 11.5 Å². The number of nitriles is 1. The number of ether oxygens (including phenoxy) is 2. The lowest BCUT2D eigenvalue weighted by molar-refractivity contribution is 0.386. The minimum absolute atomic E-state index is 0.130. The second-order valence-corrected chi connectivity index (χ2v) is 11.7. The fourth-order valence-corrected chi connectivity index (χ4v) is 4.74. The minimum Gasteiger partial charge on any atom is -0.439 e. The highest BCUT2D eigenvalue weighted by Crippen LogP contribution is 2.33. The first kappa shape index (κ1) is 33.3. The predicted octanol–water partition coefficient (Wildman–Crippen LogP) is 8.18. The predicted molar refractivity (Wildman–Crippen MR) is 175 cm³/mol. The molecule has 0 atom stereocenters. The summed E-state index contributed by atoms with van der Waals surface area (Å²) in [6.45, 7) is 12.0. The fraction of sp³-hybridized carbons (Fsp3) is 0.303. The van der Waals surface area contributed by atoms with E-state index in [0.717, 1.165) is 28.2 Å². The highest BCUT2D eigenvalue weighted by molar-refractivity contribution is 6.31. The summed E-state index contributed by atoms with van der Waals surface area (Å²) in [5, 5.41) is 25.7. The van der Waals surface area contributed by atoms with Crippen LogP contribution in [-0.4, -0.2) is 29.8 Å². The maximum Gasteiger partial charge on any atom is 0.264 e. The van der Waals surface area contributed by atoms with Gasteiger partial charge in [-0.1, -0.05) is 35.3 Å². The van der Waals surface area contributed by atoms with Gasteiger partial charge < -0.3 is 9.47 Å². The van der Waals surface area contributed by atoms with Crippen molar-refractivity contribution < 1.29 is 9.47 Å². The Hall–Kier alpha value is -4.59. The van der Waals surface area contributed by atoms with Gasteiger partial charge in [-0.05, 0) is 84.0 Å². The second kappa shape index (κ2) is 14.9. The lowest BCUT2D eigenvalue weighted by Crippen LogP contribution is -2.08. The molecule has 0 aliphatic carbocycles. The van der Waals surface area contributed by atoms with Crippen LogP contribution >= 0.6 is 23.2 Å². The molecule has 0 aliphatic rings. The lowest BCUT2D eigenvalue weighted by atomic mass is 10.1. The van der Waals surface area contributed by atoms with Crippen molar-refractivity contribution >= 4 is 23.2 Å². The van der Waals surface area contributed by atoms with Crippen molar-refractivity contribution in [2.24, 2.45) is 0 Å². The molecule has 3 aromatic heterocycles. The van der Waals surface area contributed by atoms with E-state index < -0.39 is 0 Å². The van der Waals surface area contributed by atoms with Crippen LogP contribution in [0.15, 0.2) is 65.5 Å². The molecule has 12 heteroatoms. The number of rotatable bonds is 9. The molecule has 0 aliphatic heterocycles. The van der Waals surface area contributed by atoms with E-state index in [1.807, 2.05) is 70.5 Å². The number of H-pyrrole nitrogens is 1. The van der Waals surface area contributed by atoms with E-state index in [-0.39, 0.29) is 24.1 Å². The molecule has 0 saturated heterocycles. The minimum atomic E-state index is -0.224. The Balaban J connectivity index is 0.000000210. The summed E-state index contributed by atoms with van der Waals surface area (Å²) in [6, 6.07) is 20.0. The third kappa shape index (κ3) is 8.53. The molecule has 0 amide bonds. The van der Waals surface area contributed by atoms with Gasteiger partial charge in [0, 0.05) is 33.7 Å². The number of aromatic amines is 1. The summed E-state index contributed by atoms with van der Waals surface area (Å²) in [5.74, 6) is 2.65. The topological polar surface area (TPSA) is 124 Å². The molecule has 5 rings (SSSR count). The van der Waals surface area contributed by atoms with Gasteiger partial charge in [-0.15, -0.1) is 0 Å². The van der Waals surface area contributed by atoms with Crippen LogP contribution in [0.4, 0.5) is 0 Å². The Labute approximate surface area is 272 Å². The smallest absolute Gasteiger partial charge is 0.264 e. The van der Waals surface area contributed by atoms with Crippen molar-refractivity contribution in [2.75, 3.05) is 0 Å². The van der Waals surface area contributed by atoms with Gasteiger partial charge in [0.2, 0.25) is 11.8 Å². The Morgan fingerprint density at radius 2 is 1.33 bits per heavy atom. The summed E-state index contributed by atoms with van der Waals surface area (Å²) in [4.78, 5) is 11.2. The average molecular weight is 649 g/mol. The molecule has 0 saturated carbocycles. The number of hydrogen-bond donors (Lipinski definition) is 1. The molecule has 0 spiro atoms. The summed E-state index contributed by atoms with van der Waals surface area (Å²) in [5.41, 5.74) is 3.94. The summed E-state index contributed by atoms with van der Waals surface area (Å²) in [6.07, 6.45) is 0.783. The molecule has 234 valence electrons. The van der Waals surface area contributed by atoms with E-state index in [1.165, 1.54) is 6.07 Å². The highest BCUT2D eigenvalue weighted by Gasteiger charge is 2.20. The highest BCUT2D eigenvalue weighted by atomic mass is 35.5. The summed E-state index contributed by atoms with van der Waals surface area (Å²) >= 11 is 12.0. The van der Waals surface area contributed by atoms with Gasteiger partial charge in [-0.25, -0.2) is 14.5 Å². The van der Waals surface area contributed by atoms with Gasteiger partial charge in [0.05, 0.1) is 41.7 Å². The number of benzene rings is 2. The number of nitrogens with one attached hydrogen (secondary N) is 1. The molecular formula is C33H35Cl2N7O3. The van der Waals surface area contributed by atoms with Crippen LogP contribution < -0.4 is 15.0 Å². The quantitative estimate of drug-likeness (QED) is 0.171. The van der Waals surface area contributed by atoms with E-state index in [1.54, 1.807) is 35.0 Å². The van der Waals surface area contributed by atoms with Gasteiger partial charge in [0.25, 0.3) is 5.56 Å². The molecule has 2 aromatic carbocycles. The molecule has 3 heterocycles. The van der Waals surface area contributed by atoms with Crippen LogP contribution in [0.3, 0.4) is 0 Å². The monoisotopic (exact) mass is 647 g/mol. The van der Waals surface area contributed by atoms with Crippen LogP contribution in [0, 0.1) is 25.2 Å². The van der Waals surface area contributed by atoms with Crippen molar-refractivity contribution in [3.05, 3.63) is 109 Å². The van der Waals surface area contributed by atoms with Crippen molar-refractivity contribution in [3.63, 3.8) is 0 Å². The van der Waals surface area contributed by atoms with E-state index >= 15 is 0 Å². The summed E-state index contributed by atoms with van der Waals surface area (Å²) < 4.78 is 15.6. The van der Waals surface area contributed by atoms with Gasteiger partial charge in [-0.3, -0.25) is 4.79 Å². The third-order valence-corrected chi connectivity index (χ3v) is 7.18. The number of hydrogen-bond acceptors (Lipinski definition) is 7. The molecule has 10 nitrogen and oxygen atoms in total. The van der Waals surface area contributed by atoms with Crippen molar-refractivity contribution in [3.8, 4) is 29.3 Å². The summed E-state index contributed by atoms with van der Waals surface area (Å²) in [7, 11) is 0. The van der Waals surface area contributed by atoms with Crippen LogP contribution in [0.2, 0.25) is 10.0 Å². The maximum atomic E-state index is 11.2. The van der Waals surface area contributed by atoms with Gasteiger partial charge in [-0.2, -0.15) is 20.6 Å². The Morgan fingerprint density at radius 1 is 0.822 bits per heavy atom. The van der Waals surface area contributed by atoms with Crippen molar-refractivity contribution in [1.82, 2.24) is 29.8 Å². The van der Waals surface area contributed by atoms with E-state index in [0.29, 0.717) is 39.7 Å². The zero-order chi connectivity index (χ0) is 32.7. The Morgan fingerprint density at radius 3 is 1.78 bits per heavy atom. The van der Waals surface area contributed by atoms with E-state index in [9.17, 15) is 4.79 Å². The standard InChI is InChI=1S/C18H19ClN4O2.C15H16ClN3O/c1-11(2)23-18(25-15-6-4-5-13(19)9-15)12(3)16(22-23)10-14-7-8-17(24)21-20-14;1-10(2)19-15(11(3)14(18-19)7-8-17)20-13-6-4-5-12(16)9-13/h4-9,11H,10H2,1-3H3,(H,21,24);4-6,9-10H,7H2,1-3H3. The first-order valence-corrected chi connectivity index (χ1v) is 15.2. The molecule has 0 bridgehead atoms. The largest absolute Gasteiger partial charge is 0.439 e. The first-order chi connectivity index (χ1) is 21.5. The molecule has 5 aromatic rings. The zero-order valence-electron chi connectivity index (χ0n) is 26.0. The third-order valence-electron chi connectivity index (χ3n) is 6.71. The van der Waals surface area contributed by atoms with Gasteiger partial charge >= 0.3 is 0 Å². The first-order valence-electron chi connectivity index (χ1n) is 14.4. The number of aromatic nitrogens is 6. The van der Waals surface area contributed by atoms with Crippen LogP contribution in [0.5, 0.6) is 23.3 Å². The SMILES string of the molecule is Cc1c(CC#N)nn(C(C)C)c1Oc1cccc(Cl)c1.Cc1c(Cc2ccc(=O)[nH]n2)nn(C(C)C)c1Oc1cccc(Cl)c1. The number of halogens is 2. The van der Waals surface area contributed by atoms with E-state index in [2.05, 4.69) is 26.5 Å². The molecule has 0 unspecified atom stereocenters. The van der Waals surface area contributed by atoms with Crippen LogP contribution in [0.1, 0.15) is 68.0 Å². The Kier molecular flexibility index (Phi) is 11.0. The Bertz CT molecular complexity index is 1850. The molecule has 0 fully saturated rings. The zero-order valence-corrected chi connectivity index (χ0v) is 27.5.